The Morgan fingerprint density at radius 2 is 1.86 bits per heavy atom. The summed E-state index contributed by atoms with van der Waals surface area (Å²) in [6.45, 7) is 5.03. The molecule has 0 bridgehead atoms. The van der Waals surface area contributed by atoms with Crippen LogP contribution in [0.4, 0.5) is 5.69 Å². The van der Waals surface area contributed by atoms with Crippen LogP contribution in [-0.2, 0) is 4.79 Å². The van der Waals surface area contributed by atoms with Crippen LogP contribution >= 0.6 is 0 Å². The predicted molar refractivity (Wildman–Crippen MR) is 82.6 cm³/mol. The second-order valence-electron chi connectivity index (χ2n) is 5.28. The number of hydrogen-bond acceptors (Lipinski definition) is 4. The number of anilines is 1. The van der Waals surface area contributed by atoms with Gasteiger partial charge in [0.05, 0.1) is 0 Å². The lowest BCUT2D eigenvalue weighted by molar-refractivity contribution is -0.128. The number of likely N-dealkylation sites (N-methyl/N-ethyl adjacent to an activating group) is 1. The van der Waals surface area contributed by atoms with Crippen molar-refractivity contribution >= 4 is 11.6 Å². The lowest BCUT2D eigenvalue weighted by Gasteiger charge is -2.32. The van der Waals surface area contributed by atoms with Crippen LogP contribution in [0, 0.1) is 18.3 Å². The van der Waals surface area contributed by atoms with Gasteiger partial charge in [0.25, 0.3) is 5.91 Å². The molecule has 2 rings (SSSR count). The third kappa shape index (κ3) is 4.07. The van der Waals surface area contributed by atoms with E-state index in [2.05, 4.69) is 10.2 Å². The Kier molecular flexibility index (Phi) is 4.96. The van der Waals surface area contributed by atoms with Crippen LogP contribution in [0.5, 0.6) is 0 Å². The first kappa shape index (κ1) is 15.1. The van der Waals surface area contributed by atoms with E-state index in [1.165, 1.54) is 11.8 Å². The Bertz CT molecular complexity index is 563. The van der Waals surface area contributed by atoms with Crippen molar-refractivity contribution in [2.24, 2.45) is 0 Å². The molecule has 1 N–H and O–H groups in total. The fourth-order valence-electron chi connectivity index (χ4n) is 2.13. The zero-order valence-corrected chi connectivity index (χ0v) is 12.5. The van der Waals surface area contributed by atoms with Gasteiger partial charge in [-0.1, -0.05) is 17.7 Å². The quantitative estimate of drug-likeness (QED) is 0.676. The molecule has 1 aliphatic heterocycles. The number of carbonyl (C=O) groups is 1. The maximum atomic E-state index is 12.3. The van der Waals surface area contributed by atoms with Crippen LogP contribution in [0.15, 0.2) is 36.0 Å². The first-order valence-corrected chi connectivity index (χ1v) is 7.01. The van der Waals surface area contributed by atoms with E-state index < -0.39 is 0 Å². The van der Waals surface area contributed by atoms with E-state index in [4.69, 9.17) is 0 Å². The first-order valence-electron chi connectivity index (χ1n) is 7.01. The Balaban J connectivity index is 2.01. The molecule has 1 heterocycles. The number of amides is 1. The van der Waals surface area contributed by atoms with Crippen molar-refractivity contribution in [1.29, 1.82) is 5.26 Å². The summed E-state index contributed by atoms with van der Waals surface area (Å²) in [5, 5.41) is 12.2. The predicted octanol–water partition coefficient (Wildman–Crippen LogP) is 1.59. The van der Waals surface area contributed by atoms with Crippen LogP contribution in [0.3, 0.4) is 0 Å². The summed E-state index contributed by atoms with van der Waals surface area (Å²) >= 11 is 0. The molecule has 0 spiro atoms. The van der Waals surface area contributed by atoms with Gasteiger partial charge in [0, 0.05) is 38.1 Å². The monoisotopic (exact) mass is 284 g/mol. The normalized spacial score (nSPS) is 16.4. The van der Waals surface area contributed by atoms with Crippen molar-refractivity contribution in [1.82, 2.24) is 9.80 Å². The molecule has 21 heavy (non-hydrogen) atoms. The van der Waals surface area contributed by atoms with Crippen molar-refractivity contribution in [3.05, 3.63) is 41.6 Å². The van der Waals surface area contributed by atoms with Crippen LogP contribution in [0.2, 0.25) is 0 Å². The Labute approximate surface area is 125 Å². The number of benzene rings is 1. The van der Waals surface area contributed by atoms with Gasteiger partial charge < -0.3 is 15.1 Å². The fourth-order valence-corrected chi connectivity index (χ4v) is 2.13. The van der Waals surface area contributed by atoms with E-state index in [1.54, 1.807) is 4.90 Å². The maximum Gasteiger partial charge on any atom is 0.266 e. The molecule has 0 unspecified atom stereocenters. The van der Waals surface area contributed by atoms with Gasteiger partial charge in [-0.3, -0.25) is 4.79 Å². The summed E-state index contributed by atoms with van der Waals surface area (Å²) in [5.74, 6) is -0.204. The average molecular weight is 284 g/mol. The van der Waals surface area contributed by atoms with Gasteiger partial charge >= 0.3 is 0 Å². The van der Waals surface area contributed by atoms with Crippen molar-refractivity contribution in [2.45, 2.75) is 6.92 Å². The van der Waals surface area contributed by atoms with Gasteiger partial charge in [-0.25, -0.2) is 0 Å². The topological polar surface area (TPSA) is 59.4 Å². The number of piperazine rings is 1. The molecule has 0 atom stereocenters. The third-order valence-electron chi connectivity index (χ3n) is 3.58. The molecule has 1 amide bonds. The molecular formula is C16H20N4O. The van der Waals surface area contributed by atoms with Crippen LogP contribution < -0.4 is 5.32 Å². The van der Waals surface area contributed by atoms with Gasteiger partial charge in [-0.15, -0.1) is 0 Å². The number of carbonyl (C=O) groups excluding carboxylic acids is 1. The summed E-state index contributed by atoms with van der Waals surface area (Å²) in [4.78, 5) is 16.2. The van der Waals surface area contributed by atoms with E-state index in [9.17, 15) is 10.1 Å². The van der Waals surface area contributed by atoms with Crippen LogP contribution in [0.1, 0.15) is 5.56 Å². The molecule has 5 nitrogen and oxygen atoms in total. The zero-order chi connectivity index (χ0) is 15.2. The molecule has 0 radical (unpaired) electrons. The van der Waals surface area contributed by atoms with Gasteiger partial charge in [-0.05, 0) is 26.1 Å². The number of nitrogens with zero attached hydrogens (tertiary/aromatic N) is 3. The Morgan fingerprint density at radius 1 is 1.24 bits per heavy atom. The first-order chi connectivity index (χ1) is 10.1. The molecule has 1 saturated heterocycles. The lowest BCUT2D eigenvalue weighted by Crippen LogP contribution is -2.47. The Hall–Kier alpha value is -2.32. The van der Waals surface area contributed by atoms with Gasteiger partial charge in [0.15, 0.2) is 0 Å². The SMILES string of the molecule is Cc1ccc(N/C=C(/C#N)C(=O)N2CCN(C)CC2)cc1. The Morgan fingerprint density at radius 3 is 2.43 bits per heavy atom. The minimum absolute atomic E-state index is 0.139. The van der Waals surface area contributed by atoms with Crippen molar-refractivity contribution < 1.29 is 4.79 Å². The molecule has 1 aromatic rings. The van der Waals surface area contributed by atoms with Crippen molar-refractivity contribution in [2.75, 3.05) is 38.5 Å². The zero-order valence-electron chi connectivity index (χ0n) is 12.5. The standard InChI is InChI=1S/C16H20N4O/c1-13-3-5-15(6-4-13)18-12-14(11-17)16(21)20-9-7-19(2)8-10-20/h3-6,12,18H,7-10H2,1-2H3/b14-12-. The fraction of sp³-hybridized carbons (Fsp3) is 0.375. The molecule has 110 valence electrons. The lowest BCUT2D eigenvalue weighted by atomic mass is 10.2. The van der Waals surface area contributed by atoms with Crippen molar-refractivity contribution in [3.63, 3.8) is 0 Å². The van der Waals surface area contributed by atoms with Crippen LogP contribution in [-0.4, -0.2) is 48.9 Å². The number of rotatable bonds is 3. The van der Waals surface area contributed by atoms with Gasteiger partial charge in [0.2, 0.25) is 0 Å². The summed E-state index contributed by atoms with van der Waals surface area (Å²) in [5.41, 5.74) is 2.17. The molecule has 0 aliphatic carbocycles. The van der Waals surface area contributed by atoms with Crippen LogP contribution in [0.25, 0.3) is 0 Å². The molecule has 1 aliphatic rings. The van der Waals surface area contributed by atoms with Gasteiger partial charge in [-0.2, -0.15) is 5.26 Å². The smallest absolute Gasteiger partial charge is 0.266 e. The summed E-state index contributed by atoms with van der Waals surface area (Å²) < 4.78 is 0. The number of aryl methyl sites for hydroxylation is 1. The highest BCUT2D eigenvalue weighted by Crippen LogP contribution is 2.10. The number of nitriles is 1. The third-order valence-corrected chi connectivity index (χ3v) is 3.58. The second kappa shape index (κ2) is 6.91. The highest BCUT2D eigenvalue weighted by molar-refractivity contribution is 5.97. The van der Waals surface area contributed by atoms with E-state index in [-0.39, 0.29) is 11.5 Å². The summed E-state index contributed by atoms with van der Waals surface area (Å²) in [6, 6.07) is 9.77. The number of hydrogen-bond donors (Lipinski definition) is 1. The van der Waals surface area contributed by atoms with Gasteiger partial charge in [0.1, 0.15) is 11.6 Å². The van der Waals surface area contributed by atoms with E-state index in [0.717, 1.165) is 18.8 Å². The minimum Gasteiger partial charge on any atom is -0.360 e. The van der Waals surface area contributed by atoms with E-state index in [1.807, 2.05) is 44.3 Å². The van der Waals surface area contributed by atoms with E-state index >= 15 is 0 Å². The molecule has 1 fully saturated rings. The highest BCUT2D eigenvalue weighted by Gasteiger charge is 2.21. The molecule has 1 aromatic carbocycles. The average Bonchev–Trinajstić information content (AvgIpc) is 2.50. The van der Waals surface area contributed by atoms with Crippen molar-refractivity contribution in [3.8, 4) is 6.07 Å². The molecule has 5 heteroatoms. The molecule has 0 saturated carbocycles. The highest BCUT2D eigenvalue weighted by atomic mass is 16.2. The van der Waals surface area contributed by atoms with E-state index in [0.29, 0.717) is 13.1 Å². The largest absolute Gasteiger partial charge is 0.360 e. The maximum absolute atomic E-state index is 12.3. The second-order valence-corrected chi connectivity index (χ2v) is 5.28. The molecule has 0 aromatic heterocycles. The number of nitrogens with one attached hydrogen (secondary N) is 1. The molecular weight excluding hydrogens is 264 g/mol. The summed E-state index contributed by atoms with van der Waals surface area (Å²) in [6.07, 6.45) is 1.49. The summed E-state index contributed by atoms with van der Waals surface area (Å²) in [7, 11) is 2.03. The minimum atomic E-state index is -0.204.